The Morgan fingerprint density at radius 1 is 1.14 bits per heavy atom. The molecule has 4 rings (SSSR count). The number of benzene rings is 1. The van der Waals surface area contributed by atoms with Crippen LogP contribution in [-0.2, 0) is 6.54 Å². The van der Waals surface area contributed by atoms with E-state index in [4.69, 9.17) is 0 Å². The summed E-state index contributed by atoms with van der Waals surface area (Å²) in [5, 5.41) is 1.01. The van der Waals surface area contributed by atoms with Gasteiger partial charge < -0.3 is 9.88 Å². The van der Waals surface area contributed by atoms with Crippen LogP contribution in [0.4, 0.5) is 4.39 Å². The van der Waals surface area contributed by atoms with E-state index in [-0.39, 0.29) is 17.0 Å². The summed E-state index contributed by atoms with van der Waals surface area (Å²) < 4.78 is 13.4. The van der Waals surface area contributed by atoms with Crippen molar-refractivity contribution in [2.24, 2.45) is 0 Å². The number of pyridine rings is 2. The number of H-pyrrole nitrogens is 1. The first-order valence-electron chi connectivity index (χ1n) is 9.74. The molecule has 150 valence electrons. The molecule has 0 unspecified atom stereocenters. The smallest absolute Gasteiger partial charge is 0.255 e. The van der Waals surface area contributed by atoms with Crippen LogP contribution in [0.1, 0.15) is 27.9 Å². The quantitative estimate of drug-likeness (QED) is 0.742. The van der Waals surface area contributed by atoms with E-state index < -0.39 is 5.82 Å². The normalized spacial score (nSPS) is 15.4. The molecule has 3 heterocycles. The number of carbonyl (C=O) groups is 1. The molecule has 0 radical (unpaired) electrons. The number of rotatable bonds is 3. The number of carbonyl (C=O) groups excluding carboxylic acids is 1. The Morgan fingerprint density at radius 3 is 2.83 bits per heavy atom. The summed E-state index contributed by atoms with van der Waals surface area (Å²) in [4.78, 5) is 35.8. The number of aromatic nitrogens is 2. The van der Waals surface area contributed by atoms with Gasteiger partial charge in [-0.15, -0.1) is 0 Å². The molecule has 1 fully saturated rings. The van der Waals surface area contributed by atoms with E-state index in [0.29, 0.717) is 26.2 Å². The van der Waals surface area contributed by atoms with Crippen LogP contribution < -0.4 is 5.56 Å². The zero-order chi connectivity index (χ0) is 20.4. The Balaban J connectivity index is 1.46. The molecule has 0 saturated carbocycles. The Kier molecular flexibility index (Phi) is 5.40. The third kappa shape index (κ3) is 4.35. The largest absolute Gasteiger partial charge is 0.337 e. The molecule has 6 nitrogen and oxygen atoms in total. The minimum atomic E-state index is -0.516. The second-order valence-corrected chi connectivity index (χ2v) is 7.53. The van der Waals surface area contributed by atoms with Crippen molar-refractivity contribution in [3.8, 4) is 0 Å². The molecule has 1 N–H and O–H groups in total. The fourth-order valence-corrected chi connectivity index (χ4v) is 3.76. The van der Waals surface area contributed by atoms with Gasteiger partial charge in [-0.05, 0) is 42.5 Å². The lowest BCUT2D eigenvalue weighted by molar-refractivity contribution is 0.0760. The Labute approximate surface area is 168 Å². The third-order valence-corrected chi connectivity index (χ3v) is 5.30. The summed E-state index contributed by atoms with van der Waals surface area (Å²) in [5.74, 6) is -0.726. The number of nitrogens with one attached hydrogen (secondary N) is 1. The van der Waals surface area contributed by atoms with Crippen LogP contribution in [0.5, 0.6) is 0 Å². The number of fused-ring (bicyclic) bond motifs is 1. The van der Waals surface area contributed by atoms with Gasteiger partial charge in [-0.25, -0.2) is 4.39 Å². The van der Waals surface area contributed by atoms with Crippen molar-refractivity contribution in [2.75, 3.05) is 26.2 Å². The molecule has 0 spiro atoms. The summed E-state index contributed by atoms with van der Waals surface area (Å²) in [7, 11) is 0. The summed E-state index contributed by atoms with van der Waals surface area (Å²) in [6, 6.07) is 9.17. The third-order valence-electron chi connectivity index (χ3n) is 5.30. The van der Waals surface area contributed by atoms with Crippen molar-refractivity contribution >= 4 is 16.8 Å². The molecular weight excluding hydrogens is 371 g/mol. The van der Waals surface area contributed by atoms with Crippen molar-refractivity contribution in [3.63, 3.8) is 0 Å². The van der Waals surface area contributed by atoms with Gasteiger partial charge >= 0.3 is 0 Å². The van der Waals surface area contributed by atoms with Crippen LogP contribution in [0.15, 0.2) is 47.5 Å². The predicted octanol–water partition coefficient (Wildman–Crippen LogP) is 2.72. The molecule has 1 amide bonds. The molecule has 1 aromatic carbocycles. The van der Waals surface area contributed by atoms with Crippen LogP contribution in [-0.4, -0.2) is 51.9 Å². The van der Waals surface area contributed by atoms with E-state index >= 15 is 0 Å². The fraction of sp³-hybridized carbons (Fsp3) is 0.318. The average molecular weight is 394 g/mol. The van der Waals surface area contributed by atoms with Crippen LogP contribution in [0.2, 0.25) is 0 Å². The first-order chi connectivity index (χ1) is 14.0. The van der Waals surface area contributed by atoms with Gasteiger partial charge in [0, 0.05) is 50.0 Å². The number of aryl methyl sites for hydroxylation is 1. The first kappa shape index (κ1) is 19.3. The van der Waals surface area contributed by atoms with Gasteiger partial charge in [0.1, 0.15) is 5.82 Å². The monoisotopic (exact) mass is 394 g/mol. The number of aromatic amines is 1. The minimum absolute atomic E-state index is 0.0777. The van der Waals surface area contributed by atoms with Gasteiger partial charge in [0.2, 0.25) is 0 Å². The number of nitrogens with zero attached hydrogens (tertiary/aromatic N) is 3. The molecule has 1 aliphatic rings. The summed E-state index contributed by atoms with van der Waals surface area (Å²) in [6.45, 7) is 5.09. The van der Waals surface area contributed by atoms with Crippen LogP contribution in [0, 0.1) is 12.7 Å². The van der Waals surface area contributed by atoms with Gasteiger partial charge in [0.05, 0.1) is 11.8 Å². The second-order valence-electron chi connectivity index (χ2n) is 7.53. The maximum Gasteiger partial charge on any atom is 0.255 e. The van der Waals surface area contributed by atoms with E-state index in [1.807, 2.05) is 31.2 Å². The molecule has 0 aliphatic carbocycles. The van der Waals surface area contributed by atoms with Crippen LogP contribution in [0.25, 0.3) is 10.9 Å². The highest BCUT2D eigenvalue weighted by atomic mass is 19.1. The van der Waals surface area contributed by atoms with E-state index in [2.05, 4.69) is 14.9 Å². The lowest BCUT2D eigenvalue weighted by Crippen LogP contribution is -2.35. The number of hydrogen-bond donors (Lipinski definition) is 1. The van der Waals surface area contributed by atoms with Gasteiger partial charge in [-0.2, -0.15) is 0 Å². The first-order valence-corrected chi connectivity index (χ1v) is 9.74. The highest BCUT2D eigenvalue weighted by Gasteiger charge is 2.21. The average Bonchev–Trinajstić information content (AvgIpc) is 2.94. The predicted molar refractivity (Wildman–Crippen MR) is 109 cm³/mol. The van der Waals surface area contributed by atoms with Crippen molar-refractivity contribution < 1.29 is 9.18 Å². The number of hydrogen-bond acceptors (Lipinski definition) is 4. The van der Waals surface area contributed by atoms with E-state index in [1.54, 1.807) is 4.90 Å². The molecule has 2 aromatic heterocycles. The molecule has 7 heteroatoms. The number of amides is 1. The number of halogens is 1. The zero-order valence-electron chi connectivity index (χ0n) is 16.3. The van der Waals surface area contributed by atoms with Crippen molar-refractivity contribution in [1.29, 1.82) is 0 Å². The zero-order valence-corrected chi connectivity index (χ0v) is 16.3. The fourth-order valence-electron chi connectivity index (χ4n) is 3.76. The molecule has 1 aliphatic heterocycles. The molecule has 29 heavy (non-hydrogen) atoms. The van der Waals surface area contributed by atoms with Gasteiger partial charge in [-0.3, -0.25) is 19.5 Å². The molecule has 1 saturated heterocycles. The summed E-state index contributed by atoms with van der Waals surface area (Å²) in [6.07, 6.45) is 3.27. The van der Waals surface area contributed by atoms with E-state index in [0.717, 1.165) is 41.2 Å². The Hall–Kier alpha value is -3.06. The van der Waals surface area contributed by atoms with Crippen LogP contribution >= 0.6 is 0 Å². The van der Waals surface area contributed by atoms with Crippen molar-refractivity contribution in [2.45, 2.75) is 19.9 Å². The lowest BCUT2D eigenvalue weighted by Gasteiger charge is -2.22. The second kappa shape index (κ2) is 8.13. The van der Waals surface area contributed by atoms with Gasteiger partial charge in [0.15, 0.2) is 0 Å². The topological polar surface area (TPSA) is 69.3 Å². The van der Waals surface area contributed by atoms with Crippen LogP contribution in [0.3, 0.4) is 0 Å². The lowest BCUT2D eigenvalue weighted by atomic mass is 10.1. The summed E-state index contributed by atoms with van der Waals surface area (Å²) in [5.41, 5.74) is 2.85. The van der Waals surface area contributed by atoms with Crippen molar-refractivity contribution in [1.82, 2.24) is 19.8 Å². The standard InChI is InChI=1S/C22H23FN4O2/c1-15-3-4-16-10-18(21(28)25-20(16)9-15)14-26-5-2-6-27(8-7-26)22(29)17-11-19(23)13-24-12-17/h3-4,9-13H,2,5-8,14H2,1H3,(H,25,28). The molecule has 0 atom stereocenters. The SMILES string of the molecule is Cc1ccc2cc(CN3CCCN(C(=O)c4cncc(F)c4)CC3)c(=O)[nH]c2c1. The van der Waals surface area contributed by atoms with E-state index in [9.17, 15) is 14.0 Å². The Bertz CT molecular complexity index is 1110. The van der Waals surface area contributed by atoms with Gasteiger partial charge in [0.25, 0.3) is 11.5 Å². The molecular formula is C22H23FN4O2. The maximum absolute atomic E-state index is 13.4. The van der Waals surface area contributed by atoms with Gasteiger partial charge in [-0.1, -0.05) is 12.1 Å². The molecule has 0 bridgehead atoms. The minimum Gasteiger partial charge on any atom is -0.337 e. The summed E-state index contributed by atoms with van der Waals surface area (Å²) >= 11 is 0. The Morgan fingerprint density at radius 2 is 2.00 bits per heavy atom. The van der Waals surface area contributed by atoms with E-state index in [1.165, 1.54) is 12.3 Å². The van der Waals surface area contributed by atoms with Crippen molar-refractivity contribution in [3.05, 3.63) is 75.6 Å². The highest BCUT2D eigenvalue weighted by molar-refractivity contribution is 5.93. The highest BCUT2D eigenvalue weighted by Crippen LogP contribution is 2.15. The molecule has 3 aromatic rings. The maximum atomic E-state index is 13.4.